The van der Waals surface area contributed by atoms with Crippen LogP contribution in [0.25, 0.3) is 0 Å². The van der Waals surface area contributed by atoms with Crippen molar-refractivity contribution in [1.29, 1.82) is 0 Å². The van der Waals surface area contributed by atoms with Gasteiger partial charge in [0.25, 0.3) is 0 Å². The molecule has 1 aromatic rings. The predicted molar refractivity (Wildman–Crippen MR) is 86.2 cm³/mol. The van der Waals surface area contributed by atoms with Crippen LogP contribution in [0, 0.1) is 6.92 Å². The van der Waals surface area contributed by atoms with Gasteiger partial charge >= 0.3 is 88.0 Å². The van der Waals surface area contributed by atoms with Crippen molar-refractivity contribution in [2.24, 2.45) is 0 Å². The fourth-order valence-corrected chi connectivity index (χ4v) is 0.637. The third-order valence-corrected chi connectivity index (χ3v) is 1.22. The molecule has 0 atom stereocenters. The van der Waals surface area contributed by atoms with Crippen LogP contribution in [0.15, 0.2) is 24.3 Å². The van der Waals surface area contributed by atoms with E-state index in [1.54, 1.807) is 0 Å². The summed E-state index contributed by atoms with van der Waals surface area (Å²) in [5, 5.41) is 86.0. The Bertz CT molecular complexity index is 285. The fraction of sp³-hybridized carbons (Fsp3) is 0.143. The number of rotatable bonds is 0. The van der Waals surface area contributed by atoms with Gasteiger partial charge in [-0.2, -0.15) is 0 Å². The topological polar surface area (TPSA) is 243 Å². The van der Waals surface area contributed by atoms with Gasteiger partial charge in [-0.15, -0.1) is 0 Å². The van der Waals surface area contributed by atoms with Gasteiger partial charge in [-0.25, -0.2) is 0 Å². The average molecular weight is 345 g/mol. The van der Waals surface area contributed by atoms with Gasteiger partial charge in [0.05, 0.1) is 0 Å². The van der Waals surface area contributed by atoms with Crippen LogP contribution in [0.5, 0.6) is 0 Å². The molecule has 0 spiro atoms. The first-order valence-electron chi connectivity index (χ1n) is 5.92. The van der Waals surface area contributed by atoms with E-state index in [4.69, 9.17) is 60.3 Å². The van der Waals surface area contributed by atoms with Crippen molar-refractivity contribution in [2.45, 2.75) is 6.92 Å². The van der Waals surface area contributed by atoms with E-state index in [0.29, 0.717) is 0 Å². The normalized spacial score (nSPS) is 7.62. The van der Waals surface area contributed by atoms with Crippen molar-refractivity contribution < 1.29 is 60.3 Å². The fourth-order valence-electron chi connectivity index (χ4n) is 0.637. The molecule has 0 fully saturated rings. The molecule has 1 rings (SSSR count). The zero-order valence-corrected chi connectivity index (χ0v) is 13.0. The summed E-state index contributed by atoms with van der Waals surface area (Å²) >= 11 is 2.10. The molecule has 0 radical (unpaired) electrons. The van der Waals surface area contributed by atoms with E-state index < -0.39 is 29.3 Å². The molecule has 0 aliphatic heterocycles. The Kier molecular flexibility index (Phi) is 29.5. The summed E-state index contributed by atoms with van der Waals surface area (Å²) in [6, 6.07) is 8.48. The third kappa shape index (κ3) is 99.5. The maximum atomic E-state index is 7.17. The second-order valence-corrected chi connectivity index (χ2v) is 3.54. The Labute approximate surface area is 148 Å². The first-order chi connectivity index (χ1) is 10.7. The number of benzene rings is 1. The number of aryl methyl sites for hydroxylation is 1. The second-order valence-electron chi connectivity index (χ2n) is 3.54. The summed E-state index contributed by atoms with van der Waals surface area (Å²) < 4.78 is 1.33. The Morgan fingerprint density at radius 1 is 0.542 bits per heavy atom. The molecular formula is C7H19B4LiO12. The van der Waals surface area contributed by atoms with E-state index in [2.05, 4.69) is 48.9 Å². The van der Waals surface area contributed by atoms with Gasteiger partial charge < -0.3 is 60.3 Å². The summed E-state index contributed by atoms with van der Waals surface area (Å²) in [4.78, 5) is 0. The minimum atomic E-state index is -2.17. The first-order valence-corrected chi connectivity index (χ1v) is 5.92. The van der Waals surface area contributed by atoms with Crippen LogP contribution in [0.2, 0.25) is 0 Å². The van der Waals surface area contributed by atoms with E-state index >= 15 is 0 Å². The quantitative estimate of drug-likeness (QED) is 0.196. The van der Waals surface area contributed by atoms with Crippen LogP contribution in [0.4, 0.5) is 0 Å². The molecular weight excluding hydrogens is 326 g/mol. The minimum absolute atomic E-state index is 1.33. The van der Waals surface area contributed by atoms with Crippen molar-refractivity contribution in [2.75, 3.05) is 0 Å². The first kappa shape index (κ1) is 31.4. The van der Waals surface area contributed by atoms with E-state index in [-0.39, 0.29) is 0 Å². The molecule has 0 bridgehead atoms. The zero-order valence-electron chi connectivity index (χ0n) is 13.0. The van der Waals surface area contributed by atoms with E-state index in [0.717, 1.165) is 0 Å². The molecule has 0 heterocycles. The van der Waals surface area contributed by atoms with Crippen LogP contribution >= 0.6 is 0 Å². The SMILES string of the molecule is OB(O)O.OB(O)O.OB(O)O.OB(O)O.[Li][c]1ccc(C)cc1. The summed E-state index contributed by atoms with van der Waals surface area (Å²) in [5.74, 6) is 0. The summed E-state index contributed by atoms with van der Waals surface area (Å²) in [6.07, 6.45) is 0. The number of hydrogen-bond donors (Lipinski definition) is 12. The van der Waals surface area contributed by atoms with E-state index in [1.165, 1.54) is 9.80 Å². The van der Waals surface area contributed by atoms with Gasteiger partial charge in [-0.05, 0) is 0 Å². The molecule has 0 aromatic heterocycles. The zero-order chi connectivity index (χ0) is 20.3. The molecule has 0 saturated heterocycles. The third-order valence-electron chi connectivity index (χ3n) is 1.22. The molecule has 17 heteroatoms. The van der Waals surface area contributed by atoms with Crippen molar-refractivity contribution >= 4 is 51.2 Å². The van der Waals surface area contributed by atoms with Gasteiger partial charge in [0, 0.05) is 0 Å². The summed E-state index contributed by atoms with van der Waals surface area (Å²) in [6.45, 7) is 2.10. The maximum absolute atomic E-state index is 7.17. The predicted octanol–water partition coefficient (Wildman–Crippen LogP) is -7.42. The van der Waals surface area contributed by atoms with E-state index in [1.807, 2.05) is 0 Å². The Hall–Kier alpha value is -0.403. The van der Waals surface area contributed by atoms with Crippen LogP contribution in [0.3, 0.4) is 0 Å². The Balaban J connectivity index is -0.000000110. The van der Waals surface area contributed by atoms with Crippen LogP contribution < -0.4 is 4.24 Å². The Morgan fingerprint density at radius 3 is 0.833 bits per heavy atom. The second kappa shape index (κ2) is 22.6. The molecule has 0 saturated carbocycles. The van der Waals surface area contributed by atoms with Crippen LogP contribution in [-0.2, 0) is 0 Å². The van der Waals surface area contributed by atoms with E-state index in [9.17, 15) is 0 Å². The molecule has 0 aliphatic carbocycles. The van der Waals surface area contributed by atoms with Gasteiger partial charge in [0.1, 0.15) is 0 Å². The Morgan fingerprint density at radius 2 is 0.708 bits per heavy atom. The molecule has 12 nitrogen and oxygen atoms in total. The molecule has 0 unspecified atom stereocenters. The molecule has 24 heavy (non-hydrogen) atoms. The standard InChI is InChI=1S/C7H7.4BH3O3.Li/c1-7-5-3-2-4-6-7;4*2-1(3)4;/h3-6H,1H3;4*2-4H;. The molecule has 12 N–H and O–H groups in total. The van der Waals surface area contributed by atoms with Crippen molar-refractivity contribution in [1.82, 2.24) is 0 Å². The molecule has 1 aromatic carbocycles. The van der Waals surface area contributed by atoms with Gasteiger partial charge in [-0.3, -0.25) is 0 Å². The summed E-state index contributed by atoms with van der Waals surface area (Å²) in [5.41, 5.74) is 1.33. The van der Waals surface area contributed by atoms with Crippen molar-refractivity contribution in [3.8, 4) is 0 Å². The van der Waals surface area contributed by atoms with Crippen molar-refractivity contribution in [3.63, 3.8) is 0 Å². The molecule has 0 amide bonds. The average Bonchev–Trinajstić information content (AvgIpc) is 2.30. The van der Waals surface area contributed by atoms with Crippen LogP contribution in [-0.4, -0.2) is 107 Å². The monoisotopic (exact) mass is 346 g/mol. The van der Waals surface area contributed by atoms with Crippen molar-refractivity contribution in [3.05, 3.63) is 29.8 Å². The van der Waals surface area contributed by atoms with Gasteiger partial charge in [-0.1, -0.05) is 0 Å². The van der Waals surface area contributed by atoms with Crippen LogP contribution in [0.1, 0.15) is 5.56 Å². The molecule has 0 aliphatic rings. The molecule has 132 valence electrons. The summed E-state index contributed by atoms with van der Waals surface area (Å²) in [7, 11) is -8.67. The van der Waals surface area contributed by atoms with Gasteiger partial charge in [0.15, 0.2) is 0 Å². The number of hydrogen-bond acceptors (Lipinski definition) is 12. The van der Waals surface area contributed by atoms with Gasteiger partial charge in [0.2, 0.25) is 0 Å².